The molecule has 0 aliphatic rings. The zero-order valence-corrected chi connectivity index (χ0v) is 12.1. The first-order valence-electron chi connectivity index (χ1n) is 6.82. The molecule has 112 valence electrons. The summed E-state index contributed by atoms with van der Waals surface area (Å²) in [7, 11) is 0. The third kappa shape index (κ3) is 4.36. The van der Waals surface area contributed by atoms with Gasteiger partial charge in [-0.2, -0.15) is 0 Å². The summed E-state index contributed by atoms with van der Waals surface area (Å²) in [6, 6.07) is 10.4. The number of ether oxygens (including phenoxy) is 1. The maximum Gasteiger partial charge on any atom is 0.335 e. The van der Waals surface area contributed by atoms with Crippen molar-refractivity contribution in [3.05, 3.63) is 53.5 Å². The molecule has 0 aliphatic carbocycles. The highest BCUT2D eigenvalue weighted by atomic mass is 16.5. The number of aryl methyl sites for hydroxylation is 1. The largest absolute Gasteiger partial charge is 0.492 e. The lowest BCUT2D eigenvalue weighted by atomic mass is 10.2. The van der Waals surface area contributed by atoms with Gasteiger partial charge < -0.3 is 19.6 Å². The molecule has 0 saturated carbocycles. The summed E-state index contributed by atoms with van der Waals surface area (Å²) in [5.41, 5.74) is 0.252. The molecule has 1 unspecified atom stereocenters. The molecule has 5 heteroatoms. The predicted octanol–water partition coefficient (Wildman–Crippen LogP) is 3.02. The van der Waals surface area contributed by atoms with Crippen LogP contribution in [0, 0.1) is 6.92 Å². The monoisotopic (exact) mass is 289 g/mol. The minimum absolute atomic E-state index is 0.122. The molecule has 1 aromatic carbocycles. The highest BCUT2D eigenvalue weighted by molar-refractivity contribution is 5.87. The van der Waals surface area contributed by atoms with Gasteiger partial charge in [-0.1, -0.05) is 0 Å². The second-order valence-corrected chi connectivity index (χ2v) is 4.80. The Morgan fingerprint density at radius 3 is 2.57 bits per heavy atom. The van der Waals surface area contributed by atoms with Gasteiger partial charge in [-0.25, -0.2) is 4.79 Å². The minimum Gasteiger partial charge on any atom is -0.492 e. The Bertz CT molecular complexity index is 589. The molecule has 1 atom stereocenters. The van der Waals surface area contributed by atoms with E-state index in [4.69, 9.17) is 14.3 Å². The summed E-state index contributed by atoms with van der Waals surface area (Å²) in [4.78, 5) is 10.7. The van der Waals surface area contributed by atoms with Crippen LogP contribution in [0.2, 0.25) is 0 Å². The Morgan fingerprint density at radius 1 is 1.29 bits per heavy atom. The van der Waals surface area contributed by atoms with Crippen LogP contribution < -0.4 is 10.1 Å². The fourth-order valence-corrected chi connectivity index (χ4v) is 1.92. The van der Waals surface area contributed by atoms with E-state index >= 15 is 0 Å². The van der Waals surface area contributed by atoms with Crippen molar-refractivity contribution >= 4 is 5.97 Å². The molecular weight excluding hydrogens is 270 g/mol. The molecule has 0 fully saturated rings. The summed E-state index contributed by atoms with van der Waals surface area (Å²) >= 11 is 0. The highest BCUT2D eigenvalue weighted by Crippen LogP contribution is 2.15. The molecule has 21 heavy (non-hydrogen) atoms. The van der Waals surface area contributed by atoms with Crippen LogP contribution in [0.1, 0.15) is 34.8 Å². The summed E-state index contributed by atoms with van der Waals surface area (Å²) < 4.78 is 11.1. The molecule has 0 amide bonds. The second-order valence-electron chi connectivity index (χ2n) is 4.80. The molecule has 0 radical (unpaired) electrons. The number of nitrogens with one attached hydrogen (secondary N) is 1. The van der Waals surface area contributed by atoms with Crippen molar-refractivity contribution in [2.75, 3.05) is 13.2 Å². The van der Waals surface area contributed by atoms with Gasteiger partial charge in [0.15, 0.2) is 0 Å². The average molecular weight is 289 g/mol. The molecule has 1 heterocycles. The molecular formula is C16H19NO4. The Labute approximate surface area is 123 Å². The topological polar surface area (TPSA) is 71.7 Å². The second kappa shape index (κ2) is 6.95. The normalized spacial score (nSPS) is 12.1. The van der Waals surface area contributed by atoms with E-state index in [1.165, 1.54) is 12.1 Å². The Hall–Kier alpha value is -2.27. The Balaban J connectivity index is 1.73. The standard InChI is InChI=1S/C16H19NO4/c1-11-3-8-15(21-11)12(2)17-9-10-20-14-6-4-13(5-7-14)16(18)19/h3-8,12,17H,9-10H2,1-2H3,(H,18,19). The van der Waals surface area contributed by atoms with Crippen LogP contribution in [0.15, 0.2) is 40.8 Å². The van der Waals surface area contributed by atoms with E-state index in [1.807, 2.05) is 26.0 Å². The van der Waals surface area contributed by atoms with Crippen LogP contribution in [0.4, 0.5) is 0 Å². The fraction of sp³-hybridized carbons (Fsp3) is 0.312. The molecule has 5 nitrogen and oxygen atoms in total. The van der Waals surface area contributed by atoms with Crippen molar-refractivity contribution in [2.45, 2.75) is 19.9 Å². The van der Waals surface area contributed by atoms with Gasteiger partial charge >= 0.3 is 5.97 Å². The molecule has 0 bridgehead atoms. The smallest absolute Gasteiger partial charge is 0.335 e. The summed E-state index contributed by atoms with van der Waals surface area (Å²) in [6.07, 6.45) is 0. The summed E-state index contributed by atoms with van der Waals surface area (Å²) in [6.45, 7) is 5.11. The number of hydrogen-bond donors (Lipinski definition) is 2. The number of carbonyl (C=O) groups is 1. The van der Waals surface area contributed by atoms with Crippen molar-refractivity contribution in [3.63, 3.8) is 0 Å². The van der Waals surface area contributed by atoms with Crippen LogP contribution >= 0.6 is 0 Å². The van der Waals surface area contributed by atoms with Crippen molar-refractivity contribution in [2.24, 2.45) is 0 Å². The lowest BCUT2D eigenvalue weighted by Gasteiger charge is -2.12. The third-order valence-corrected chi connectivity index (χ3v) is 3.11. The number of furan rings is 1. The van der Waals surface area contributed by atoms with Gasteiger partial charge in [-0.3, -0.25) is 0 Å². The first kappa shape index (κ1) is 15.1. The van der Waals surface area contributed by atoms with Gasteiger partial charge in [0, 0.05) is 6.54 Å². The Morgan fingerprint density at radius 2 is 2.00 bits per heavy atom. The van der Waals surface area contributed by atoms with E-state index in [0.717, 1.165) is 11.5 Å². The van der Waals surface area contributed by atoms with E-state index in [2.05, 4.69) is 5.32 Å². The van der Waals surface area contributed by atoms with Gasteiger partial charge in [0.05, 0.1) is 11.6 Å². The van der Waals surface area contributed by atoms with Crippen LogP contribution in [-0.4, -0.2) is 24.2 Å². The lowest BCUT2D eigenvalue weighted by molar-refractivity contribution is 0.0697. The number of hydrogen-bond acceptors (Lipinski definition) is 4. The average Bonchev–Trinajstić information content (AvgIpc) is 2.90. The maximum absolute atomic E-state index is 10.7. The predicted molar refractivity (Wildman–Crippen MR) is 78.8 cm³/mol. The van der Waals surface area contributed by atoms with E-state index in [9.17, 15) is 4.79 Å². The molecule has 0 aliphatic heterocycles. The quantitative estimate of drug-likeness (QED) is 0.767. The molecule has 1 aromatic heterocycles. The number of carboxylic acid groups (broad SMARTS) is 1. The number of carboxylic acids is 1. The fourth-order valence-electron chi connectivity index (χ4n) is 1.92. The first-order valence-corrected chi connectivity index (χ1v) is 6.82. The van der Waals surface area contributed by atoms with Gasteiger partial charge in [0.25, 0.3) is 0 Å². The number of aromatic carboxylic acids is 1. The molecule has 0 saturated heterocycles. The van der Waals surface area contributed by atoms with E-state index in [-0.39, 0.29) is 11.6 Å². The zero-order chi connectivity index (χ0) is 15.2. The molecule has 2 aromatic rings. The zero-order valence-electron chi connectivity index (χ0n) is 12.1. The van der Waals surface area contributed by atoms with E-state index < -0.39 is 5.97 Å². The van der Waals surface area contributed by atoms with Crippen molar-refractivity contribution in [1.29, 1.82) is 0 Å². The van der Waals surface area contributed by atoms with Gasteiger partial charge in [-0.15, -0.1) is 0 Å². The molecule has 2 N–H and O–H groups in total. The minimum atomic E-state index is -0.939. The van der Waals surface area contributed by atoms with Crippen LogP contribution in [0.3, 0.4) is 0 Å². The lowest BCUT2D eigenvalue weighted by Crippen LogP contribution is -2.24. The number of benzene rings is 1. The van der Waals surface area contributed by atoms with Crippen molar-refractivity contribution in [1.82, 2.24) is 5.32 Å². The Kier molecular flexibility index (Phi) is 5.00. The van der Waals surface area contributed by atoms with Crippen molar-refractivity contribution < 1.29 is 19.1 Å². The third-order valence-electron chi connectivity index (χ3n) is 3.11. The number of rotatable bonds is 7. The molecule has 0 spiro atoms. The van der Waals surface area contributed by atoms with Crippen LogP contribution in [0.25, 0.3) is 0 Å². The SMILES string of the molecule is Cc1ccc(C(C)NCCOc2ccc(C(=O)O)cc2)o1. The van der Waals surface area contributed by atoms with Gasteiger partial charge in [0.1, 0.15) is 23.9 Å². The van der Waals surface area contributed by atoms with E-state index in [0.29, 0.717) is 18.9 Å². The summed E-state index contributed by atoms with van der Waals surface area (Å²) in [5.74, 6) is 1.51. The van der Waals surface area contributed by atoms with Crippen LogP contribution in [0.5, 0.6) is 5.75 Å². The first-order chi connectivity index (χ1) is 10.1. The molecule has 2 rings (SSSR count). The maximum atomic E-state index is 10.7. The van der Waals surface area contributed by atoms with E-state index in [1.54, 1.807) is 12.1 Å². The van der Waals surface area contributed by atoms with Crippen LogP contribution in [-0.2, 0) is 0 Å². The van der Waals surface area contributed by atoms with Crippen molar-refractivity contribution in [3.8, 4) is 5.75 Å². The van der Waals surface area contributed by atoms with Gasteiger partial charge in [-0.05, 0) is 50.2 Å². The highest BCUT2D eigenvalue weighted by Gasteiger charge is 2.08. The summed E-state index contributed by atoms with van der Waals surface area (Å²) in [5, 5.41) is 12.1. The van der Waals surface area contributed by atoms with Gasteiger partial charge in [0.2, 0.25) is 0 Å².